The van der Waals surface area contributed by atoms with Gasteiger partial charge in [-0.25, -0.2) is 8.78 Å². The normalized spacial score (nSPS) is 13.1. The van der Waals surface area contributed by atoms with Crippen molar-refractivity contribution < 1.29 is 42.5 Å². The lowest BCUT2D eigenvalue weighted by Gasteiger charge is -2.16. The van der Waals surface area contributed by atoms with E-state index in [1.807, 2.05) is 6.07 Å². The SMILES string of the molecule is O=C(O)CCC(=O)OCCn1cc(-c2cc3nccc(Oc4ccc(NC(=O)C5(C(=O)Nc6ccc(F)cc6)CC5)cc4F)c3s2)cn1. The molecule has 1 saturated carbocycles. The van der Waals surface area contributed by atoms with Crippen LogP contribution < -0.4 is 15.4 Å². The van der Waals surface area contributed by atoms with Crippen LogP contribution in [0.5, 0.6) is 11.5 Å². The number of ether oxygens (including phenoxy) is 2. The quantitative estimate of drug-likeness (QED) is 0.100. The molecule has 0 atom stereocenters. The first-order chi connectivity index (χ1) is 23.1. The number of aromatic nitrogens is 3. The van der Waals surface area contributed by atoms with Crippen LogP contribution in [0.25, 0.3) is 20.7 Å². The highest BCUT2D eigenvalue weighted by Gasteiger charge is 2.56. The number of hydrogen-bond acceptors (Lipinski definition) is 9. The molecule has 1 fully saturated rings. The number of halogens is 2. The molecular formula is C33H27F2N5O7S. The Bertz CT molecular complexity index is 2020. The van der Waals surface area contributed by atoms with Crippen molar-refractivity contribution in [3.63, 3.8) is 0 Å². The maximum atomic E-state index is 15.2. The number of amides is 2. The molecule has 15 heteroatoms. The van der Waals surface area contributed by atoms with Crippen LogP contribution in [0.4, 0.5) is 20.2 Å². The maximum absolute atomic E-state index is 15.2. The Morgan fingerprint density at radius 3 is 2.38 bits per heavy atom. The lowest BCUT2D eigenvalue weighted by Crippen LogP contribution is -2.35. The van der Waals surface area contributed by atoms with Crippen molar-refractivity contribution in [1.29, 1.82) is 0 Å². The predicted molar refractivity (Wildman–Crippen MR) is 170 cm³/mol. The molecule has 48 heavy (non-hydrogen) atoms. The van der Waals surface area contributed by atoms with Crippen molar-refractivity contribution in [2.45, 2.75) is 32.2 Å². The van der Waals surface area contributed by atoms with Gasteiger partial charge in [0.1, 0.15) is 23.6 Å². The summed E-state index contributed by atoms with van der Waals surface area (Å²) >= 11 is 1.36. The molecule has 6 rings (SSSR count). The Labute approximate surface area is 275 Å². The van der Waals surface area contributed by atoms with Crippen molar-refractivity contribution >= 4 is 56.7 Å². The Morgan fingerprint density at radius 2 is 1.67 bits per heavy atom. The van der Waals surface area contributed by atoms with E-state index in [1.54, 1.807) is 23.1 Å². The lowest BCUT2D eigenvalue weighted by molar-refractivity contribution is -0.148. The standard InChI is InChI=1S/C33H27F2N5O7S/c34-20-1-3-21(4-2-20)38-31(44)33(10-11-33)32(45)39-22-5-6-25(23(35)15-22)47-26-9-12-36-24-16-27(48-30(24)26)19-17-37-40(18-19)13-14-46-29(43)8-7-28(41)42/h1-6,9,12,15-18H,7-8,10-11,13-14H2,(H,38,44)(H,39,45)(H,41,42). The van der Waals surface area contributed by atoms with E-state index >= 15 is 4.39 Å². The van der Waals surface area contributed by atoms with E-state index in [4.69, 9.17) is 14.6 Å². The number of carboxylic acids is 1. The van der Waals surface area contributed by atoms with Crippen molar-refractivity contribution in [2.24, 2.45) is 5.41 Å². The van der Waals surface area contributed by atoms with Crippen LogP contribution in [-0.4, -0.2) is 50.2 Å². The number of thiophene rings is 1. The number of nitrogens with one attached hydrogen (secondary N) is 2. The van der Waals surface area contributed by atoms with Gasteiger partial charge in [0.05, 0.1) is 35.8 Å². The molecular weight excluding hydrogens is 648 g/mol. The van der Waals surface area contributed by atoms with E-state index in [2.05, 4.69) is 20.7 Å². The molecule has 0 bridgehead atoms. The van der Waals surface area contributed by atoms with Gasteiger partial charge in [0, 0.05) is 46.3 Å². The molecule has 2 aromatic carbocycles. The number of aliphatic carboxylic acids is 1. The van der Waals surface area contributed by atoms with Crippen LogP contribution in [0.2, 0.25) is 0 Å². The molecule has 3 aromatic heterocycles. The summed E-state index contributed by atoms with van der Waals surface area (Å²) < 4.78 is 41.6. The van der Waals surface area contributed by atoms with Crippen LogP contribution in [0.3, 0.4) is 0 Å². The minimum absolute atomic E-state index is 0.0350. The Morgan fingerprint density at radius 1 is 0.938 bits per heavy atom. The van der Waals surface area contributed by atoms with Crippen molar-refractivity contribution in [1.82, 2.24) is 14.8 Å². The first-order valence-corrected chi connectivity index (χ1v) is 15.6. The topological polar surface area (TPSA) is 162 Å². The summed E-state index contributed by atoms with van der Waals surface area (Å²) in [5, 5.41) is 18.2. The predicted octanol–water partition coefficient (Wildman–Crippen LogP) is 6.00. The molecule has 3 heterocycles. The fourth-order valence-electron chi connectivity index (χ4n) is 4.78. The third kappa shape index (κ3) is 7.31. The molecule has 0 saturated heterocycles. The van der Waals surface area contributed by atoms with Gasteiger partial charge in [-0.05, 0) is 55.3 Å². The van der Waals surface area contributed by atoms with Gasteiger partial charge in [-0.3, -0.25) is 28.8 Å². The van der Waals surface area contributed by atoms with Gasteiger partial charge in [0.25, 0.3) is 0 Å². The van der Waals surface area contributed by atoms with Crippen LogP contribution in [0, 0.1) is 17.0 Å². The molecule has 5 aromatic rings. The van der Waals surface area contributed by atoms with Crippen molar-refractivity contribution in [3.05, 3.63) is 84.8 Å². The highest BCUT2D eigenvalue weighted by molar-refractivity contribution is 7.22. The number of nitrogens with zero attached hydrogens (tertiary/aromatic N) is 3. The Hall–Kier alpha value is -5.70. The second kappa shape index (κ2) is 13.6. The number of pyridine rings is 1. The highest BCUT2D eigenvalue weighted by atomic mass is 32.1. The number of rotatable bonds is 13. The largest absolute Gasteiger partial charge is 0.481 e. The molecule has 1 aliphatic carbocycles. The minimum atomic E-state index is -1.30. The summed E-state index contributed by atoms with van der Waals surface area (Å²) in [6.07, 6.45) is 5.09. The van der Waals surface area contributed by atoms with E-state index in [9.17, 15) is 23.6 Å². The smallest absolute Gasteiger partial charge is 0.306 e. The van der Waals surface area contributed by atoms with Gasteiger partial charge in [0.15, 0.2) is 11.6 Å². The van der Waals surface area contributed by atoms with Gasteiger partial charge in [0.2, 0.25) is 11.8 Å². The monoisotopic (exact) mass is 675 g/mol. The number of fused-ring (bicyclic) bond motifs is 1. The molecule has 0 aliphatic heterocycles. The number of hydrogen-bond donors (Lipinski definition) is 3. The average molecular weight is 676 g/mol. The molecule has 0 radical (unpaired) electrons. The van der Waals surface area contributed by atoms with E-state index < -0.39 is 40.8 Å². The molecule has 246 valence electrons. The molecule has 12 nitrogen and oxygen atoms in total. The van der Waals surface area contributed by atoms with Crippen LogP contribution >= 0.6 is 11.3 Å². The van der Waals surface area contributed by atoms with Gasteiger partial charge in [-0.15, -0.1) is 11.3 Å². The first-order valence-electron chi connectivity index (χ1n) is 14.7. The van der Waals surface area contributed by atoms with E-state index in [1.165, 1.54) is 53.9 Å². The van der Waals surface area contributed by atoms with Gasteiger partial charge < -0.3 is 25.2 Å². The second-order valence-corrected chi connectivity index (χ2v) is 12.0. The van der Waals surface area contributed by atoms with Crippen LogP contribution in [0.15, 0.2) is 73.2 Å². The fraction of sp³-hybridized carbons (Fsp3) is 0.212. The number of carboxylic acid groups (broad SMARTS) is 1. The molecule has 0 spiro atoms. The zero-order valence-corrected chi connectivity index (χ0v) is 25.9. The fourth-order valence-corrected chi connectivity index (χ4v) is 5.82. The summed E-state index contributed by atoms with van der Waals surface area (Å²) in [6, 6.07) is 12.6. The maximum Gasteiger partial charge on any atom is 0.306 e. The number of carbonyl (C=O) groups is 4. The summed E-state index contributed by atoms with van der Waals surface area (Å²) in [5.41, 5.74) is 0.596. The van der Waals surface area contributed by atoms with Crippen molar-refractivity contribution in [3.8, 4) is 21.9 Å². The zero-order chi connectivity index (χ0) is 33.8. The molecule has 3 N–H and O–H groups in total. The van der Waals surface area contributed by atoms with Crippen molar-refractivity contribution in [2.75, 3.05) is 17.2 Å². The minimum Gasteiger partial charge on any atom is -0.481 e. The molecule has 2 amide bonds. The number of anilines is 2. The number of esters is 1. The zero-order valence-electron chi connectivity index (χ0n) is 25.1. The first kappa shape index (κ1) is 32.2. The number of benzene rings is 2. The lowest BCUT2D eigenvalue weighted by atomic mass is 10.0. The number of carbonyl (C=O) groups excluding carboxylic acids is 3. The average Bonchev–Trinajstić information content (AvgIpc) is 3.55. The van der Waals surface area contributed by atoms with E-state index in [0.29, 0.717) is 34.5 Å². The van der Waals surface area contributed by atoms with Gasteiger partial charge in [-0.1, -0.05) is 0 Å². The Kier molecular flexibility index (Phi) is 9.12. The van der Waals surface area contributed by atoms with E-state index in [-0.39, 0.29) is 37.4 Å². The van der Waals surface area contributed by atoms with Gasteiger partial charge >= 0.3 is 11.9 Å². The van der Waals surface area contributed by atoms with Crippen LogP contribution in [-0.2, 0) is 30.5 Å². The second-order valence-electron chi connectivity index (χ2n) is 11.0. The van der Waals surface area contributed by atoms with Gasteiger partial charge in [-0.2, -0.15) is 5.10 Å². The van der Waals surface area contributed by atoms with E-state index in [0.717, 1.165) is 16.5 Å². The summed E-state index contributed by atoms with van der Waals surface area (Å²) in [5.74, 6) is -3.68. The third-order valence-electron chi connectivity index (χ3n) is 7.55. The Balaban J connectivity index is 1.08. The highest BCUT2D eigenvalue weighted by Crippen LogP contribution is 2.48. The summed E-state index contributed by atoms with van der Waals surface area (Å²) in [7, 11) is 0. The molecule has 1 aliphatic rings. The summed E-state index contributed by atoms with van der Waals surface area (Å²) in [6.45, 7) is 0.309. The third-order valence-corrected chi connectivity index (χ3v) is 8.74. The van der Waals surface area contributed by atoms with Crippen LogP contribution in [0.1, 0.15) is 25.7 Å². The molecule has 0 unspecified atom stereocenters. The summed E-state index contributed by atoms with van der Waals surface area (Å²) in [4.78, 5) is 53.3.